The maximum Gasteiger partial charge on any atom is 0.530 e. The van der Waals surface area contributed by atoms with Gasteiger partial charge in [-0.2, -0.15) is 0 Å². The molecule has 0 heterocycles. The average molecular weight is 469 g/mol. The van der Waals surface area contributed by atoms with Crippen LogP contribution >= 0.6 is 23.8 Å². The first-order chi connectivity index (χ1) is 13.5. The van der Waals surface area contributed by atoms with Gasteiger partial charge in [0, 0.05) is 15.6 Å². The lowest BCUT2D eigenvalue weighted by Gasteiger charge is -2.18. The lowest BCUT2D eigenvalue weighted by molar-refractivity contribution is 0.103. The van der Waals surface area contributed by atoms with Crippen LogP contribution in [0.1, 0.15) is 55.5 Å². The lowest BCUT2D eigenvalue weighted by atomic mass is 10.0. The molecule has 0 atom stereocenters. The molecule has 0 radical (unpaired) electrons. The molecule has 0 spiro atoms. The van der Waals surface area contributed by atoms with E-state index >= 15 is 0 Å². The molecule has 0 aliphatic heterocycles. The Hall–Kier alpha value is -1.46. The topological polar surface area (TPSA) is 61.8 Å². The predicted octanol–water partition coefficient (Wildman–Crippen LogP) is 6.80. The molecular weight excluding hydrogens is 443 g/mol. The summed E-state index contributed by atoms with van der Waals surface area (Å²) in [6, 6.07) is 13.7. The van der Waals surface area contributed by atoms with Gasteiger partial charge < -0.3 is 4.52 Å². The highest BCUT2D eigenvalue weighted by molar-refractivity contribution is 9.10. The lowest BCUT2D eigenvalue weighted by Crippen LogP contribution is -2.06. The van der Waals surface area contributed by atoms with Crippen molar-refractivity contribution in [1.29, 1.82) is 0 Å². The molecule has 0 aliphatic carbocycles. The van der Waals surface area contributed by atoms with Crippen molar-refractivity contribution >= 4 is 29.5 Å². The van der Waals surface area contributed by atoms with Crippen LogP contribution in [0.2, 0.25) is 0 Å². The number of unbranched alkanes of at least 4 members (excludes halogenated alkanes) is 2. The van der Waals surface area contributed by atoms with Crippen molar-refractivity contribution in [1.82, 2.24) is 0 Å². The number of halogens is 1. The molecule has 0 fully saturated rings. The van der Waals surface area contributed by atoms with Crippen LogP contribution in [0.5, 0.6) is 5.75 Å². The normalized spacial score (nSPS) is 11.4. The van der Waals surface area contributed by atoms with Crippen LogP contribution in [-0.2, 0) is 13.6 Å². The molecule has 2 aromatic carbocycles. The molecule has 0 N–H and O–H groups in total. The van der Waals surface area contributed by atoms with Crippen molar-refractivity contribution in [2.45, 2.75) is 39.5 Å². The standard InChI is InChI=1S/C21H26BrO5P/c1-3-5-13-25-28(24,26-14-6-4-2)27-20-12-8-10-18(16-20)21(23)17-9-7-11-19(22)15-17/h7-12,15-16H,3-6,13-14H2,1-2H3. The molecule has 0 saturated carbocycles. The molecule has 2 aromatic rings. The van der Waals surface area contributed by atoms with E-state index in [9.17, 15) is 9.36 Å². The van der Waals surface area contributed by atoms with Gasteiger partial charge >= 0.3 is 7.82 Å². The maximum absolute atomic E-state index is 13.0. The second kappa shape index (κ2) is 11.5. The van der Waals surface area contributed by atoms with Gasteiger partial charge in [-0.25, -0.2) is 4.57 Å². The van der Waals surface area contributed by atoms with Gasteiger partial charge in [-0.15, -0.1) is 0 Å². The van der Waals surface area contributed by atoms with E-state index in [-0.39, 0.29) is 24.7 Å². The van der Waals surface area contributed by atoms with Crippen molar-refractivity contribution in [2.75, 3.05) is 13.2 Å². The molecular formula is C21H26BrO5P. The Labute approximate surface area is 175 Å². The Bertz CT molecular complexity index is 810. The Morgan fingerprint density at radius 2 is 1.50 bits per heavy atom. The van der Waals surface area contributed by atoms with Crippen molar-refractivity contribution in [2.24, 2.45) is 0 Å². The van der Waals surface area contributed by atoms with Gasteiger partial charge in [0.25, 0.3) is 0 Å². The van der Waals surface area contributed by atoms with Crippen LogP contribution in [0.15, 0.2) is 53.0 Å². The van der Waals surface area contributed by atoms with Gasteiger partial charge in [-0.3, -0.25) is 13.8 Å². The summed E-state index contributed by atoms with van der Waals surface area (Å²) in [5.41, 5.74) is 0.984. The van der Waals surface area contributed by atoms with Crippen molar-refractivity contribution < 1.29 is 22.9 Å². The van der Waals surface area contributed by atoms with E-state index in [0.29, 0.717) is 11.1 Å². The molecule has 0 aliphatic rings. The van der Waals surface area contributed by atoms with Gasteiger partial charge in [-0.1, -0.05) is 66.9 Å². The Balaban J connectivity index is 2.17. The number of hydrogen-bond donors (Lipinski definition) is 0. The molecule has 0 amide bonds. The number of phosphoric acid groups is 1. The van der Waals surface area contributed by atoms with Gasteiger partial charge in [-0.05, 0) is 37.1 Å². The number of carbonyl (C=O) groups is 1. The van der Waals surface area contributed by atoms with E-state index in [1.54, 1.807) is 42.5 Å². The van der Waals surface area contributed by atoms with Crippen LogP contribution < -0.4 is 4.52 Å². The largest absolute Gasteiger partial charge is 0.530 e. The maximum atomic E-state index is 13.0. The minimum absolute atomic E-state index is 0.152. The fourth-order valence-corrected chi connectivity index (χ4v) is 4.01. The minimum Gasteiger partial charge on any atom is -0.404 e. The van der Waals surface area contributed by atoms with E-state index in [0.717, 1.165) is 30.2 Å². The second-order valence-electron chi connectivity index (χ2n) is 6.28. The van der Waals surface area contributed by atoms with E-state index in [2.05, 4.69) is 15.9 Å². The summed E-state index contributed by atoms with van der Waals surface area (Å²) in [5.74, 6) is 0.123. The Morgan fingerprint density at radius 3 is 2.07 bits per heavy atom. The van der Waals surface area contributed by atoms with Crippen LogP contribution in [0, 0.1) is 0 Å². The summed E-state index contributed by atoms with van der Waals surface area (Å²) in [6.45, 7) is 4.61. The van der Waals surface area contributed by atoms with E-state index in [1.165, 1.54) is 0 Å². The number of rotatable bonds is 12. The van der Waals surface area contributed by atoms with Crippen molar-refractivity contribution in [3.8, 4) is 5.75 Å². The van der Waals surface area contributed by atoms with E-state index in [4.69, 9.17) is 13.6 Å². The first-order valence-electron chi connectivity index (χ1n) is 9.46. The molecule has 0 aromatic heterocycles. The molecule has 5 nitrogen and oxygen atoms in total. The van der Waals surface area contributed by atoms with Gasteiger partial charge in [0.05, 0.1) is 13.2 Å². The third-order valence-corrected chi connectivity index (χ3v) is 5.82. The molecule has 28 heavy (non-hydrogen) atoms. The molecule has 2 rings (SSSR count). The summed E-state index contributed by atoms with van der Waals surface area (Å²) in [6.07, 6.45) is 3.33. The number of carbonyl (C=O) groups excluding carboxylic acids is 1. The average Bonchev–Trinajstić information content (AvgIpc) is 2.68. The monoisotopic (exact) mass is 468 g/mol. The Kier molecular flexibility index (Phi) is 9.39. The summed E-state index contributed by atoms with van der Waals surface area (Å²) in [4.78, 5) is 12.7. The number of phosphoric ester groups is 1. The number of benzene rings is 2. The zero-order chi connectivity index (χ0) is 20.4. The van der Waals surface area contributed by atoms with Crippen LogP contribution in [0.4, 0.5) is 0 Å². The van der Waals surface area contributed by atoms with Crippen LogP contribution in [0.3, 0.4) is 0 Å². The minimum atomic E-state index is -3.75. The van der Waals surface area contributed by atoms with Crippen LogP contribution in [-0.4, -0.2) is 19.0 Å². The van der Waals surface area contributed by atoms with Crippen molar-refractivity contribution in [3.63, 3.8) is 0 Å². The van der Waals surface area contributed by atoms with Crippen molar-refractivity contribution in [3.05, 3.63) is 64.1 Å². The predicted molar refractivity (Wildman–Crippen MR) is 114 cm³/mol. The summed E-state index contributed by atoms with van der Waals surface area (Å²) < 4.78 is 30.3. The first kappa shape index (κ1) is 22.8. The smallest absolute Gasteiger partial charge is 0.404 e. The fraction of sp³-hybridized carbons (Fsp3) is 0.381. The molecule has 0 saturated heterocycles. The SMILES string of the molecule is CCCCOP(=O)(OCCCC)Oc1cccc(C(=O)c2cccc(Br)c2)c1. The second-order valence-corrected chi connectivity index (χ2v) is 8.79. The summed E-state index contributed by atoms with van der Waals surface area (Å²) in [7, 11) is -3.75. The Morgan fingerprint density at radius 1 is 0.929 bits per heavy atom. The van der Waals surface area contributed by atoms with Crippen LogP contribution in [0.25, 0.3) is 0 Å². The van der Waals surface area contributed by atoms with E-state index < -0.39 is 7.82 Å². The zero-order valence-corrected chi connectivity index (χ0v) is 18.7. The highest BCUT2D eigenvalue weighted by Gasteiger charge is 2.28. The highest BCUT2D eigenvalue weighted by Crippen LogP contribution is 2.50. The molecule has 0 bridgehead atoms. The summed E-state index contributed by atoms with van der Waals surface area (Å²) >= 11 is 3.37. The zero-order valence-electron chi connectivity index (χ0n) is 16.2. The third-order valence-electron chi connectivity index (χ3n) is 3.89. The van der Waals surface area contributed by atoms with Gasteiger partial charge in [0.15, 0.2) is 5.78 Å². The fourth-order valence-electron chi connectivity index (χ4n) is 2.35. The molecule has 152 valence electrons. The number of ketones is 1. The molecule has 7 heteroatoms. The third kappa shape index (κ3) is 7.17. The highest BCUT2D eigenvalue weighted by atomic mass is 79.9. The summed E-state index contributed by atoms with van der Waals surface area (Å²) in [5, 5.41) is 0. The number of hydrogen-bond acceptors (Lipinski definition) is 5. The van der Waals surface area contributed by atoms with Gasteiger partial charge in [0.1, 0.15) is 5.75 Å². The van der Waals surface area contributed by atoms with E-state index in [1.807, 2.05) is 19.9 Å². The first-order valence-corrected chi connectivity index (χ1v) is 11.7. The molecule has 0 unspecified atom stereocenters. The van der Waals surface area contributed by atoms with Gasteiger partial charge in [0.2, 0.25) is 0 Å². The quantitative estimate of drug-likeness (QED) is 0.194.